The first-order chi connectivity index (χ1) is 9.52. The van der Waals surface area contributed by atoms with Crippen molar-refractivity contribution in [3.8, 4) is 5.88 Å². The van der Waals surface area contributed by atoms with Gasteiger partial charge in [0.1, 0.15) is 0 Å². The molecule has 0 bridgehead atoms. The molecule has 1 aromatic heterocycles. The van der Waals surface area contributed by atoms with E-state index in [-0.39, 0.29) is 23.4 Å². The third-order valence-electron chi connectivity index (χ3n) is 4.07. The minimum Gasteiger partial charge on any atom is -0.494 e. The molecule has 1 fully saturated rings. The second kappa shape index (κ2) is 6.09. The zero-order valence-electron chi connectivity index (χ0n) is 11.6. The Balaban J connectivity index is 2.20. The van der Waals surface area contributed by atoms with Gasteiger partial charge >= 0.3 is 0 Å². The van der Waals surface area contributed by atoms with E-state index < -0.39 is 5.56 Å². The number of nitrogens with zero attached hydrogens (tertiary/aromatic N) is 1. The molecule has 1 saturated carbocycles. The maximum Gasteiger partial charge on any atom is 0.254 e. The zero-order valence-corrected chi connectivity index (χ0v) is 11.6. The molecule has 1 amide bonds. The van der Waals surface area contributed by atoms with Gasteiger partial charge in [0.15, 0.2) is 5.88 Å². The number of rotatable bonds is 3. The van der Waals surface area contributed by atoms with Crippen LogP contribution in [0.4, 0.5) is 0 Å². The van der Waals surface area contributed by atoms with E-state index in [4.69, 9.17) is 5.73 Å². The van der Waals surface area contributed by atoms with Crippen LogP contribution in [-0.4, -0.2) is 40.5 Å². The number of nitrogens with one attached hydrogen (secondary N) is 1. The Morgan fingerprint density at radius 2 is 2.15 bits per heavy atom. The van der Waals surface area contributed by atoms with Gasteiger partial charge in [-0.25, -0.2) is 0 Å². The highest BCUT2D eigenvalue weighted by Gasteiger charge is 2.30. The van der Waals surface area contributed by atoms with Gasteiger partial charge in [-0.05, 0) is 25.3 Å². The molecule has 0 radical (unpaired) electrons. The van der Waals surface area contributed by atoms with Gasteiger partial charge in [0.25, 0.3) is 11.5 Å². The summed E-state index contributed by atoms with van der Waals surface area (Å²) in [5.41, 5.74) is 5.50. The second-order valence-corrected chi connectivity index (χ2v) is 5.38. The molecule has 2 rings (SSSR count). The lowest BCUT2D eigenvalue weighted by Crippen LogP contribution is -2.46. The Labute approximate surface area is 117 Å². The molecular formula is C14H21N3O3. The van der Waals surface area contributed by atoms with Crippen molar-refractivity contribution in [3.63, 3.8) is 0 Å². The van der Waals surface area contributed by atoms with Crippen molar-refractivity contribution in [3.05, 3.63) is 28.0 Å². The van der Waals surface area contributed by atoms with E-state index in [0.29, 0.717) is 12.5 Å². The van der Waals surface area contributed by atoms with Crippen molar-refractivity contribution in [2.45, 2.75) is 31.7 Å². The molecule has 2 atom stereocenters. The Morgan fingerprint density at radius 1 is 1.45 bits per heavy atom. The highest BCUT2D eigenvalue weighted by Crippen LogP contribution is 2.28. The number of amides is 1. The fourth-order valence-corrected chi connectivity index (χ4v) is 2.98. The standard InChI is InChI=1S/C14H21N3O3/c1-17(11-5-3-2-4-9(11)8-15)14(20)10-6-12(18)16-13(19)7-10/h6-7,9,11H,2-5,8,15H2,1H3,(H2,16,18,19). The third-order valence-corrected chi connectivity index (χ3v) is 4.07. The van der Waals surface area contributed by atoms with Crippen LogP contribution in [0.2, 0.25) is 0 Å². The Hall–Kier alpha value is -1.82. The first-order valence-corrected chi connectivity index (χ1v) is 6.93. The average molecular weight is 279 g/mol. The summed E-state index contributed by atoms with van der Waals surface area (Å²) in [6, 6.07) is 2.59. The van der Waals surface area contributed by atoms with Crippen molar-refractivity contribution < 1.29 is 9.90 Å². The van der Waals surface area contributed by atoms with Crippen LogP contribution in [0.5, 0.6) is 5.88 Å². The SMILES string of the molecule is CN(C(=O)c1cc(O)[nH]c(=O)c1)C1CCCCC1CN. The number of hydrogen-bond acceptors (Lipinski definition) is 4. The lowest BCUT2D eigenvalue weighted by atomic mass is 9.83. The number of aromatic amines is 1. The quantitative estimate of drug-likeness (QED) is 0.757. The van der Waals surface area contributed by atoms with Gasteiger partial charge in [-0.3, -0.25) is 14.6 Å². The molecule has 6 nitrogen and oxygen atoms in total. The highest BCUT2D eigenvalue weighted by atomic mass is 16.3. The summed E-state index contributed by atoms with van der Waals surface area (Å²) in [7, 11) is 1.74. The molecule has 1 aromatic rings. The number of aromatic hydroxyl groups is 1. The predicted octanol–water partition coefficient (Wildman–Crippen LogP) is 0.670. The van der Waals surface area contributed by atoms with Gasteiger partial charge in [-0.15, -0.1) is 0 Å². The Bertz CT molecular complexity index is 541. The van der Waals surface area contributed by atoms with Crippen molar-refractivity contribution in [1.29, 1.82) is 0 Å². The normalized spacial score (nSPS) is 22.5. The van der Waals surface area contributed by atoms with Gasteiger partial charge in [0.05, 0.1) is 5.56 Å². The highest BCUT2D eigenvalue weighted by molar-refractivity contribution is 5.94. The molecule has 0 spiro atoms. The van der Waals surface area contributed by atoms with Crippen molar-refractivity contribution >= 4 is 5.91 Å². The molecule has 0 aromatic carbocycles. The molecule has 0 saturated heterocycles. The first kappa shape index (κ1) is 14.6. The smallest absolute Gasteiger partial charge is 0.254 e. The number of carbonyl (C=O) groups excluding carboxylic acids is 1. The summed E-state index contributed by atoms with van der Waals surface area (Å²) < 4.78 is 0. The van der Waals surface area contributed by atoms with Crippen molar-refractivity contribution in [2.75, 3.05) is 13.6 Å². The molecule has 6 heteroatoms. The fraction of sp³-hybridized carbons (Fsp3) is 0.571. The van der Waals surface area contributed by atoms with Crippen LogP contribution in [0.25, 0.3) is 0 Å². The average Bonchev–Trinajstić information content (AvgIpc) is 2.44. The van der Waals surface area contributed by atoms with Gasteiger partial charge in [-0.1, -0.05) is 12.8 Å². The number of hydrogen-bond donors (Lipinski definition) is 3. The Morgan fingerprint density at radius 3 is 2.80 bits per heavy atom. The molecule has 4 N–H and O–H groups in total. The fourth-order valence-electron chi connectivity index (χ4n) is 2.98. The summed E-state index contributed by atoms with van der Waals surface area (Å²) >= 11 is 0. The molecule has 2 unspecified atom stereocenters. The molecular weight excluding hydrogens is 258 g/mol. The summed E-state index contributed by atoms with van der Waals surface area (Å²) in [6.45, 7) is 0.558. The predicted molar refractivity (Wildman–Crippen MR) is 75.6 cm³/mol. The molecule has 20 heavy (non-hydrogen) atoms. The van der Waals surface area contributed by atoms with E-state index in [2.05, 4.69) is 4.98 Å². The van der Waals surface area contributed by atoms with Crippen LogP contribution in [0.15, 0.2) is 16.9 Å². The maximum atomic E-state index is 12.4. The molecule has 1 heterocycles. The number of pyridine rings is 1. The van der Waals surface area contributed by atoms with Crippen molar-refractivity contribution in [1.82, 2.24) is 9.88 Å². The lowest BCUT2D eigenvalue weighted by molar-refractivity contribution is 0.0619. The second-order valence-electron chi connectivity index (χ2n) is 5.38. The zero-order chi connectivity index (χ0) is 14.7. The van der Waals surface area contributed by atoms with E-state index in [0.717, 1.165) is 25.7 Å². The van der Waals surface area contributed by atoms with Gasteiger partial charge in [0.2, 0.25) is 0 Å². The van der Waals surface area contributed by atoms with Crippen LogP contribution in [0, 0.1) is 5.92 Å². The number of carbonyl (C=O) groups is 1. The molecule has 1 aliphatic rings. The monoisotopic (exact) mass is 279 g/mol. The van der Waals surface area contributed by atoms with E-state index in [1.807, 2.05) is 0 Å². The molecule has 110 valence electrons. The summed E-state index contributed by atoms with van der Waals surface area (Å²) in [5.74, 6) is -0.252. The molecule has 0 aliphatic heterocycles. The van der Waals surface area contributed by atoms with Crippen molar-refractivity contribution in [2.24, 2.45) is 11.7 Å². The number of H-pyrrole nitrogens is 1. The number of nitrogens with two attached hydrogens (primary N) is 1. The third kappa shape index (κ3) is 3.01. The van der Waals surface area contributed by atoms with E-state index in [1.165, 1.54) is 12.1 Å². The van der Waals surface area contributed by atoms with Crippen LogP contribution >= 0.6 is 0 Å². The van der Waals surface area contributed by atoms with E-state index >= 15 is 0 Å². The maximum absolute atomic E-state index is 12.4. The first-order valence-electron chi connectivity index (χ1n) is 6.93. The summed E-state index contributed by atoms with van der Waals surface area (Å²) in [4.78, 5) is 27.6. The lowest BCUT2D eigenvalue weighted by Gasteiger charge is -2.37. The summed E-state index contributed by atoms with van der Waals surface area (Å²) in [5, 5.41) is 9.39. The van der Waals surface area contributed by atoms with Crippen LogP contribution in [-0.2, 0) is 0 Å². The summed E-state index contributed by atoms with van der Waals surface area (Å²) in [6.07, 6.45) is 4.18. The topological polar surface area (TPSA) is 99.4 Å². The van der Waals surface area contributed by atoms with Crippen LogP contribution in [0.3, 0.4) is 0 Å². The van der Waals surface area contributed by atoms with E-state index in [9.17, 15) is 14.7 Å². The largest absolute Gasteiger partial charge is 0.494 e. The van der Waals surface area contributed by atoms with Gasteiger partial charge < -0.3 is 15.7 Å². The molecule has 1 aliphatic carbocycles. The van der Waals surface area contributed by atoms with Gasteiger partial charge in [-0.2, -0.15) is 0 Å². The van der Waals surface area contributed by atoms with Crippen LogP contribution in [0.1, 0.15) is 36.0 Å². The number of aromatic nitrogens is 1. The van der Waals surface area contributed by atoms with Crippen LogP contribution < -0.4 is 11.3 Å². The van der Waals surface area contributed by atoms with Gasteiger partial charge in [0, 0.05) is 25.2 Å². The minimum absolute atomic E-state index is 0.0997. The minimum atomic E-state index is -0.485. The Kier molecular flexibility index (Phi) is 4.44. The van der Waals surface area contributed by atoms with E-state index in [1.54, 1.807) is 11.9 Å².